The van der Waals surface area contributed by atoms with Gasteiger partial charge in [0.15, 0.2) is 0 Å². The molecule has 0 aromatic rings. The number of hydrogen-bond acceptors (Lipinski definition) is 3. The van der Waals surface area contributed by atoms with Gasteiger partial charge in [-0.05, 0) is 104 Å². The summed E-state index contributed by atoms with van der Waals surface area (Å²) in [5, 5.41) is 10.8. The van der Waals surface area contributed by atoms with Crippen LogP contribution in [-0.4, -0.2) is 60.3 Å². The van der Waals surface area contributed by atoms with E-state index in [9.17, 15) is 5.11 Å². The van der Waals surface area contributed by atoms with E-state index >= 15 is 0 Å². The number of fused-ring (bicyclic) bond motifs is 4. The molecular weight excluding hydrogens is 404 g/mol. The van der Waals surface area contributed by atoms with Crippen molar-refractivity contribution in [2.75, 3.05) is 33.2 Å². The van der Waals surface area contributed by atoms with Gasteiger partial charge in [-0.3, -0.25) is 4.90 Å². The molecule has 2 fully saturated rings. The molecule has 0 aromatic carbocycles. The van der Waals surface area contributed by atoms with Crippen LogP contribution in [0.4, 0.5) is 0 Å². The summed E-state index contributed by atoms with van der Waals surface area (Å²) in [5.74, 6) is 2.11. The maximum atomic E-state index is 10.8. The summed E-state index contributed by atoms with van der Waals surface area (Å²) < 4.78 is 0. The molecule has 1 unspecified atom stereocenters. The average Bonchev–Trinajstić information content (AvgIpc) is 3.13. The number of allylic oxidation sites excluding steroid dienone is 4. The third kappa shape index (κ3) is 3.54. The SMILES string of the molecule is CC([C@@H](C)[C@H]1CC=C2C3=C(CC[C@@]21C)[C@@]1(C)CC[C@H](O)C(C)(C)[C@@H]1CC3)N1CCN(C)CC1. The van der Waals surface area contributed by atoms with Crippen molar-refractivity contribution in [3.63, 3.8) is 0 Å². The lowest BCUT2D eigenvalue weighted by Crippen LogP contribution is -2.53. The van der Waals surface area contributed by atoms with Gasteiger partial charge < -0.3 is 10.0 Å². The average molecular weight is 455 g/mol. The summed E-state index contributed by atoms with van der Waals surface area (Å²) in [6, 6.07) is 0.664. The molecule has 1 aliphatic heterocycles. The fourth-order valence-corrected chi connectivity index (χ4v) is 9.41. The highest BCUT2D eigenvalue weighted by Gasteiger charge is 2.57. The van der Waals surface area contributed by atoms with Gasteiger partial charge in [0.1, 0.15) is 0 Å². The standard InChI is InChI=1S/C30H50N2O/c1-20(21(2)32-18-16-31(7)17-19-32)23-9-10-24-22-8-11-26-28(3,4)27(33)13-15-30(26,6)25(22)12-14-29(23,24)5/h10,20-21,23,26-27,33H,8-9,11-19H2,1-7H3/t20-,21?,23-,26+,27+,29-,30-/m1/s1. The van der Waals surface area contributed by atoms with Gasteiger partial charge in [0.2, 0.25) is 0 Å². The Labute approximate surface area is 203 Å². The molecule has 0 radical (unpaired) electrons. The normalized spacial score (nSPS) is 43.4. The smallest absolute Gasteiger partial charge is 0.0594 e. The fraction of sp³-hybridized carbons (Fsp3) is 0.867. The van der Waals surface area contributed by atoms with Gasteiger partial charge in [-0.15, -0.1) is 0 Å². The molecule has 1 N–H and O–H groups in total. The molecule has 4 aliphatic carbocycles. The topological polar surface area (TPSA) is 26.7 Å². The minimum Gasteiger partial charge on any atom is -0.393 e. The monoisotopic (exact) mass is 454 g/mol. The largest absolute Gasteiger partial charge is 0.393 e. The van der Waals surface area contributed by atoms with Crippen molar-refractivity contribution in [1.29, 1.82) is 0 Å². The van der Waals surface area contributed by atoms with E-state index in [0.29, 0.717) is 17.4 Å². The molecule has 3 heteroatoms. The van der Waals surface area contributed by atoms with Crippen LogP contribution in [0.25, 0.3) is 0 Å². The van der Waals surface area contributed by atoms with Gasteiger partial charge in [-0.25, -0.2) is 0 Å². The second-order valence-corrected chi connectivity index (χ2v) is 13.7. The quantitative estimate of drug-likeness (QED) is 0.575. The summed E-state index contributed by atoms with van der Waals surface area (Å²) in [6.45, 7) is 19.8. The molecule has 5 rings (SSSR count). The fourth-order valence-electron chi connectivity index (χ4n) is 9.41. The lowest BCUT2D eigenvalue weighted by molar-refractivity contribution is -0.0906. The molecule has 1 saturated heterocycles. The summed E-state index contributed by atoms with van der Waals surface area (Å²) in [6.07, 6.45) is 11.1. The lowest BCUT2D eigenvalue weighted by Gasteiger charge is -2.59. The van der Waals surface area contributed by atoms with Crippen molar-refractivity contribution in [1.82, 2.24) is 9.80 Å². The van der Waals surface area contributed by atoms with Gasteiger partial charge in [0.05, 0.1) is 6.10 Å². The summed E-state index contributed by atoms with van der Waals surface area (Å²) in [4.78, 5) is 5.24. The highest BCUT2D eigenvalue weighted by atomic mass is 16.3. The molecule has 3 nitrogen and oxygen atoms in total. The van der Waals surface area contributed by atoms with Gasteiger partial charge >= 0.3 is 0 Å². The number of piperazine rings is 1. The van der Waals surface area contributed by atoms with Gasteiger partial charge in [0.25, 0.3) is 0 Å². The zero-order chi connectivity index (χ0) is 23.8. The lowest BCUT2D eigenvalue weighted by atomic mass is 9.46. The van der Waals surface area contributed by atoms with E-state index in [4.69, 9.17) is 0 Å². The van der Waals surface area contributed by atoms with E-state index in [0.717, 1.165) is 18.3 Å². The number of likely N-dealkylation sites (N-methyl/N-ethyl adjacent to an activating group) is 1. The van der Waals surface area contributed by atoms with E-state index in [1.165, 1.54) is 64.7 Å². The van der Waals surface area contributed by atoms with Crippen LogP contribution < -0.4 is 0 Å². The van der Waals surface area contributed by atoms with Gasteiger partial charge in [-0.2, -0.15) is 0 Å². The molecule has 1 saturated carbocycles. The third-order valence-corrected chi connectivity index (χ3v) is 11.9. The van der Waals surface area contributed by atoms with Crippen molar-refractivity contribution >= 4 is 0 Å². The van der Waals surface area contributed by atoms with Gasteiger partial charge in [-0.1, -0.05) is 46.3 Å². The molecule has 0 bridgehead atoms. The first-order valence-corrected chi connectivity index (χ1v) is 14.0. The van der Waals surface area contributed by atoms with E-state index in [2.05, 4.69) is 64.5 Å². The number of aliphatic hydroxyl groups excluding tert-OH is 1. The van der Waals surface area contributed by atoms with Crippen LogP contribution in [-0.2, 0) is 0 Å². The zero-order valence-electron chi connectivity index (χ0n) is 22.6. The molecular formula is C30H50N2O. The molecule has 186 valence electrons. The van der Waals surface area contributed by atoms with Crippen molar-refractivity contribution in [2.24, 2.45) is 34.0 Å². The molecule has 0 aromatic heterocycles. The minimum atomic E-state index is -0.140. The Morgan fingerprint density at radius 2 is 1.64 bits per heavy atom. The highest BCUT2D eigenvalue weighted by Crippen LogP contribution is 2.66. The molecule has 1 heterocycles. The summed E-state index contributed by atoms with van der Waals surface area (Å²) in [7, 11) is 2.26. The third-order valence-electron chi connectivity index (χ3n) is 11.9. The zero-order valence-corrected chi connectivity index (χ0v) is 22.6. The first-order valence-electron chi connectivity index (χ1n) is 14.0. The van der Waals surface area contributed by atoms with Crippen LogP contribution in [0, 0.1) is 34.0 Å². The number of aliphatic hydroxyl groups is 1. The number of nitrogens with zero attached hydrogens (tertiary/aromatic N) is 2. The highest BCUT2D eigenvalue weighted by molar-refractivity contribution is 5.50. The van der Waals surface area contributed by atoms with Crippen molar-refractivity contribution < 1.29 is 5.11 Å². The molecule has 0 spiro atoms. The maximum Gasteiger partial charge on any atom is 0.0594 e. The summed E-state index contributed by atoms with van der Waals surface area (Å²) in [5.41, 5.74) is 5.97. The first kappa shape index (κ1) is 24.1. The molecule has 5 aliphatic rings. The minimum absolute atomic E-state index is 0.0331. The Morgan fingerprint density at radius 3 is 2.33 bits per heavy atom. The van der Waals surface area contributed by atoms with Crippen LogP contribution in [0.15, 0.2) is 22.8 Å². The summed E-state index contributed by atoms with van der Waals surface area (Å²) >= 11 is 0. The van der Waals surface area contributed by atoms with Crippen LogP contribution in [0.2, 0.25) is 0 Å². The Hall–Kier alpha value is -0.640. The van der Waals surface area contributed by atoms with E-state index < -0.39 is 0 Å². The first-order chi connectivity index (χ1) is 15.5. The van der Waals surface area contributed by atoms with Crippen LogP contribution in [0.5, 0.6) is 0 Å². The molecule has 33 heavy (non-hydrogen) atoms. The number of hydrogen-bond donors (Lipinski definition) is 1. The van der Waals surface area contributed by atoms with E-state index in [1.54, 1.807) is 16.7 Å². The van der Waals surface area contributed by atoms with Gasteiger partial charge in [0, 0.05) is 32.2 Å². The van der Waals surface area contributed by atoms with E-state index in [1.807, 2.05) is 0 Å². The predicted molar refractivity (Wildman–Crippen MR) is 138 cm³/mol. The van der Waals surface area contributed by atoms with Crippen molar-refractivity contribution in [3.05, 3.63) is 22.8 Å². The van der Waals surface area contributed by atoms with Crippen molar-refractivity contribution in [2.45, 2.75) is 98.6 Å². The Bertz CT molecular complexity index is 834. The second kappa shape index (κ2) is 8.20. The van der Waals surface area contributed by atoms with Crippen molar-refractivity contribution in [3.8, 4) is 0 Å². The van der Waals surface area contributed by atoms with Crippen LogP contribution in [0.3, 0.4) is 0 Å². The van der Waals surface area contributed by atoms with Crippen LogP contribution >= 0.6 is 0 Å². The van der Waals surface area contributed by atoms with Crippen LogP contribution in [0.1, 0.15) is 86.5 Å². The van der Waals surface area contributed by atoms with E-state index in [-0.39, 0.29) is 16.9 Å². The molecule has 7 atom stereocenters. The Kier molecular flexibility index (Phi) is 5.98. The maximum absolute atomic E-state index is 10.8. The Balaban J connectivity index is 1.39. The predicted octanol–water partition coefficient (Wildman–Crippen LogP) is 5.90. The number of rotatable bonds is 3. The second-order valence-electron chi connectivity index (χ2n) is 13.7. The molecule has 0 amide bonds. The Morgan fingerprint density at radius 1 is 0.939 bits per heavy atom.